The Labute approximate surface area is 212 Å². The standard InChI is InChI=1S/C32H30N2O2/c35-28-21-34(30(26-17-9-3-10-18-26)27-19-11-4-12-20-27)31(28)32(36)22-33(23-32)29(24-13-5-1-6-14-24)25-15-7-2-8-16-25/h1-20,29-31,36H,21-23H2. The van der Waals surface area contributed by atoms with Gasteiger partial charge in [-0.1, -0.05) is 121 Å². The third-order valence-corrected chi connectivity index (χ3v) is 7.60. The molecule has 1 N–H and O–H groups in total. The van der Waals surface area contributed by atoms with Crippen molar-refractivity contribution in [2.24, 2.45) is 0 Å². The number of carbonyl (C=O) groups excluding carboxylic acids is 1. The summed E-state index contributed by atoms with van der Waals surface area (Å²) in [6.45, 7) is 1.25. The number of nitrogens with zero attached hydrogens (tertiary/aromatic N) is 2. The van der Waals surface area contributed by atoms with Gasteiger partial charge in [0.15, 0.2) is 5.78 Å². The molecule has 2 heterocycles. The molecule has 6 rings (SSSR count). The van der Waals surface area contributed by atoms with Crippen LogP contribution in [0.15, 0.2) is 121 Å². The van der Waals surface area contributed by atoms with Crippen LogP contribution in [-0.4, -0.2) is 52.0 Å². The minimum absolute atomic E-state index is 0.0374. The minimum atomic E-state index is -1.08. The minimum Gasteiger partial charge on any atom is -0.385 e. The Hall–Kier alpha value is -3.57. The lowest BCUT2D eigenvalue weighted by Crippen LogP contribution is -2.78. The van der Waals surface area contributed by atoms with Crippen molar-refractivity contribution in [3.8, 4) is 0 Å². The Balaban J connectivity index is 1.29. The molecule has 2 saturated heterocycles. The smallest absolute Gasteiger partial charge is 0.167 e. The first-order valence-corrected chi connectivity index (χ1v) is 12.6. The summed E-state index contributed by atoms with van der Waals surface area (Å²) in [7, 11) is 0. The van der Waals surface area contributed by atoms with E-state index in [2.05, 4.69) is 82.6 Å². The SMILES string of the molecule is O=C1CN(C(c2ccccc2)c2ccccc2)C1C1(O)CN(C(c2ccccc2)c2ccccc2)C1. The van der Waals surface area contributed by atoms with Crippen molar-refractivity contribution in [3.05, 3.63) is 144 Å². The molecule has 4 aromatic rings. The Kier molecular flexibility index (Phi) is 6.02. The molecule has 2 aliphatic heterocycles. The fourth-order valence-electron chi connectivity index (χ4n) is 6.02. The first-order valence-electron chi connectivity index (χ1n) is 12.6. The largest absolute Gasteiger partial charge is 0.385 e. The predicted molar refractivity (Wildman–Crippen MR) is 141 cm³/mol. The number of hydrogen-bond donors (Lipinski definition) is 1. The van der Waals surface area contributed by atoms with Crippen LogP contribution in [0.1, 0.15) is 34.3 Å². The highest BCUT2D eigenvalue weighted by atomic mass is 16.3. The van der Waals surface area contributed by atoms with Gasteiger partial charge in [0.1, 0.15) is 11.6 Å². The molecular formula is C32H30N2O2. The van der Waals surface area contributed by atoms with Crippen LogP contribution in [0.25, 0.3) is 0 Å². The van der Waals surface area contributed by atoms with Gasteiger partial charge in [-0.05, 0) is 22.3 Å². The highest BCUT2D eigenvalue weighted by Gasteiger charge is 2.60. The molecule has 0 radical (unpaired) electrons. The molecule has 0 aromatic heterocycles. The van der Waals surface area contributed by atoms with Gasteiger partial charge in [0, 0.05) is 13.1 Å². The lowest BCUT2D eigenvalue weighted by molar-refractivity contribution is -0.190. The van der Waals surface area contributed by atoms with Crippen molar-refractivity contribution in [2.45, 2.75) is 23.7 Å². The maximum absolute atomic E-state index is 13.0. The molecule has 0 bridgehead atoms. The molecule has 0 aliphatic carbocycles. The molecule has 4 aromatic carbocycles. The highest BCUT2D eigenvalue weighted by Crippen LogP contribution is 2.44. The summed E-state index contributed by atoms with van der Waals surface area (Å²) in [4.78, 5) is 17.5. The van der Waals surface area contributed by atoms with E-state index in [1.807, 2.05) is 48.5 Å². The number of aliphatic hydroxyl groups is 1. The van der Waals surface area contributed by atoms with Crippen LogP contribution in [0.3, 0.4) is 0 Å². The van der Waals surface area contributed by atoms with Gasteiger partial charge < -0.3 is 5.11 Å². The second-order valence-corrected chi connectivity index (χ2v) is 10.00. The van der Waals surface area contributed by atoms with Gasteiger partial charge in [0.2, 0.25) is 0 Å². The van der Waals surface area contributed by atoms with Crippen molar-refractivity contribution in [3.63, 3.8) is 0 Å². The van der Waals surface area contributed by atoms with Crippen molar-refractivity contribution < 1.29 is 9.90 Å². The second-order valence-electron chi connectivity index (χ2n) is 10.00. The first kappa shape index (κ1) is 22.9. The second kappa shape index (κ2) is 9.47. The van der Waals surface area contributed by atoms with E-state index >= 15 is 0 Å². The Morgan fingerprint density at radius 1 is 0.611 bits per heavy atom. The number of β-amino-alcohol motifs (C(OH)–C–C–N with tert-alkyl or cyclic N) is 1. The molecular weight excluding hydrogens is 444 g/mol. The van der Waals surface area contributed by atoms with Crippen LogP contribution in [0, 0.1) is 0 Å². The van der Waals surface area contributed by atoms with Gasteiger partial charge in [0.05, 0.1) is 18.6 Å². The van der Waals surface area contributed by atoms with Crippen LogP contribution in [-0.2, 0) is 4.79 Å². The topological polar surface area (TPSA) is 43.8 Å². The molecule has 1 unspecified atom stereocenters. The van der Waals surface area contributed by atoms with E-state index in [1.165, 1.54) is 11.1 Å². The fourth-order valence-corrected chi connectivity index (χ4v) is 6.02. The number of carbonyl (C=O) groups is 1. The van der Waals surface area contributed by atoms with E-state index in [1.54, 1.807) is 0 Å². The molecule has 2 fully saturated rings. The predicted octanol–water partition coefficient (Wildman–Crippen LogP) is 4.87. The summed E-state index contributed by atoms with van der Waals surface area (Å²) >= 11 is 0. The fraction of sp³-hybridized carbons (Fsp3) is 0.219. The molecule has 36 heavy (non-hydrogen) atoms. The number of likely N-dealkylation sites (tertiary alicyclic amines) is 2. The van der Waals surface area contributed by atoms with E-state index in [9.17, 15) is 9.90 Å². The van der Waals surface area contributed by atoms with E-state index in [0.717, 1.165) is 11.1 Å². The maximum atomic E-state index is 13.0. The first-order chi connectivity index (χ1) is 17.6. The zero-order valence-corrected chi connectivity index (χ0v) is 20.2. The summed E-state index contributed by atoms with van der Waals surface area (Å²) < 4.78 is 0. The van der Waals surface area contributed by atoms with Crippen molar-refractivity contribution in [1.82, 2.24) is 9.80 Å². The third kappa shape index (κ3) is 4.07. The number of ketones is 1. The molecule has 0 amide bonds. The Bertz CT molecular complexity index is 1230. The van der Waals surface area contributed by atoms with E-state index in [0.29, 0.717) is 19.6 Å². The van der Waals surface area contributed by atoms with Gasteiger partial charge in [-0.2, -0.15) is 0 Å². The van der Waals surface area contributed by atoms with Gasteiger partial charge in [-0.3, -0.25) is 14.6 Å². The van der Waals surface area contributed by atoms with Crippen molar-refractivity contribution in [1.29, 1.82) is 0 Å². The van der Waals surface area contributed by atoms with Crippen LogP contribution in [0.4, 0.5) is 0 Å². The zero-order chi connectivity index (χ0) is 24.5. The van der Waals surface area contributed by atoms with E-state index in [-0.39, 0.29) is 17.9 Å². The molecule has 4 nitrogen and oxygen atoms in total. The summed E-state index contributed by atoms with van der Waals surface area (Å²) in [5, 5.41) is 11.8. The summed E-state index contributed by atoms with van der Waals surface area (Å²) in [6, 6.07) is 40.8. The molecule has 0 spiro atoms. The van der Waals surface area contributed by atoms with E-state index < -0.39 is 11.6 Å². The number of hydrogen-bond acceptors (Lipinski definition) is 4. The number of rotatable bonds is 7. The van der Waals surface area contributed by atoms with Gasteiger partial charge >= 0.3 is 0 Å². The molecule has 4 heteroatoms. The monoisotopic (exact) mass is 474 g/mol. The maximum Gasteiger partial charge on any atom is 0.167 e. The lowest BCUT2D eigenvalue weighted by Gasteiger charge is -2.59. The Morgan fingerprint density at radius 2 is 0.972 bits per heavy atom. The summed E-state index contributed by atoms with van der Waals surface area (Å²) in [5.41, 5.74) is 3.56. The molecule has 0 saturated carbocycles. The van der Waals surface area contributed by atoms with E-state index in [4.69, 9.17) is 0 Å². The van der Waals surface area contributed by atoms with Crippen molar-refractivity contribution >= 4 is 5.78 Å². The molecule has 180 valence electrons. The van der Waals surface area contributed by atoms with Gasteiger partial charge in [-0.25, -0.2) is 0 Å². The third-order valence-electron chi connectivity index (χ3n) is 7.60. The highest BCUT2D eigenvalue weighted by molar-refractivity contribution is 5.93. The van der Waals surface area contributed by atoms with Crippen LogP contribution >= 0.6 is 0 Å². The van der Waals surface area contributed by atoms with Crippen LogP contribution in [0.5, 0.6) is 0 Å². The van der Waals surface area contributed by atoms with Crippen molar-refractivity contribution in [2.75, 3.05) is 19.6 Å². The average Bonchev–Trinajstić information content (AvgIpc) is 2.90. The van der Waals surface area contributed by atoms with Gasteiger partial charge in [-0.15, -0.1) is 0 Å². The average molecular weight is 475 g/mol. The molecule has 1 atom stereocenters. The van der Waals surface area contributed by atoms with Crippen LogP contribution < -0.4 is 0 Å². The quantitative estimate of drug-likeness (QED) is 0.415. The van der Waals surface area contributed by atoms with Crippen LogP contribution in [0.2, 0.25) is 0 Å². The Morgan fingerprint density at radius 3 is 1.33 bits per heavy atom. The normalized spacial score (nSPS) is 19.8. The summed E-state index contributed by atoms with van der Waals surface area (Å²) in [6.07, 6.45) is 0. The zero-order valence-electron chi connectivity index (χ0n) is 20.2. The number of benzene rings is 4. The lowest BCUT2D eigenvalue weighted by atomic mass is 9.74. The molecule has 2 aliphatic rings. The number of Topliss-reactive ketones (excluding diaryl/α,β-unsaturated/α-hetero) is 1. The summed E-state index contributed by atoms with van der Waals surface area (Å²) in [5.74, 6) is 0.116. The van der Waals surface area contributed by atoms with Gasteiger partial charge in [0.25, 0.3) is 0 Å².